The molecule has 1 amide bonds. The van der Waals surface area contributed by atoms with Gasteiger partial charge in [0.15, 0.2) is 11.6 Å². The number of nitriles is 1. The fourth-order valence-electron chi connectivity index (χ4n) is 3.15. The van der Waals surface area contributed by atoms with Gasteiger partial charge in [-0.2, -0.15) is 18.4 Å². The lowest BCUT2D eigenvalue weighted by Gasteiger charge is -2.13. The van der Waals surface area contributed by atoms with Gasteiger partial charge >= 0.3 is 12.1 Å². The van der Waals surface area contributed by atoms with Crippen molar-refractivity contribution in [2.45, 2.75) is 12.7 Å². The molecule has 5 N–H and O–H groups in total. The van der Waals surface area contributed by atoms with Crippen LogP contribution in [0.5, 0.6) is 11.5 Å². The average molecular weight is 583 g/mol. The molecule has 0 saturated carbocycles. The van der Waals surface area contributed by atoms with Crippen LogP contribution in [0.2, 0.25) is 10.0 Å². The molecule has 3 aromatic carbocycles. The average Bonchev–Trinajstić information content (AvgIpc) is 3.28. The van der Waals surface area contributed by atoms with Gasteiger partial charge in [-0.3, -0.25) is 4.79 Å². The minimum absolute atomic E-state index is 0.0317. The second kappa shape index (κ2) is 11.9. The number of ether oxygens (including phenoxy) is 1. The highest BCUT2D eigenvalue weighted by molar-refractivity contribution is 6.32. The first-order valence-corrected chi connectivity index (χ1v) is 11.4. The SMILES string of the molecule is N#Cc1cc(Cl)cc(Oc2c(Cl)ccc(CNC(=O)c3cc4ccc(N)cc4[nH]3)c2F)c1.O=C(O)C(F)(F)F. The van der Waals surface area contributed by atoms with Crippen molar-refractivity contribution in [3.63, 3.8) is 0 Å². The zero-order valence-electron chi connectivity index (χ0n) is 19.4. The summed E-state index contributed by atoms with van der Waals surface area (Å²) in [5.41, 5.74) is 7.80. The van der Waals surface area contributed by atoms with Crippen molar-refractivity contribution in [2.75, 3.05) is 5.73 Å². The van der Waals surface area contributed by atoms with Crippen molar-refractivity contribution < 1.29 is 37.0 Å². The van der Waals surface area contributed by atoms with E-state index < -0.39 is 23.9 Å². The molecule has 1 heterocycles. The number of rotatable bonds is 5. The molecule has 0 atom stereocenters. The molecular formula is C25H16Cl2F4N4O4. The number of carbonyl (C=O) groups excluding carboxylic acids is 1. The maximum atomic E-state index is 15.1. The number of carbonyl (C=O) groups is 2. The van der Waals surface area contributed by atoms with Crippen molar-refractivity contribution in [3.05, 3.63) is 87.3 Å². The van der Waals surface area contributed by atoms with E-state index in [0.717, 1.165) is 10.9 Å². The fourth-order valence-corrected chi connectivity index (χ4v) is 3.55. The summed E-state index contributed by atoms with van der Waals surface area (Å²) < 4.78 is 52.4. The van der Waals surface area contributed by atoms with E-state index in [9.17, 15) is 18.0 Å². The van der Waals surface area contributed by atoms with E-state index in [1.807, 2.05) is 6.07 Å². The summed E-state index contributed by atoms with van der Waals surface area (Å²) in [7, 11) is 0. The highest BCUT2D eigenvalue weighted by atomic mass is 35.5. The third-order valence-electron chi connectivity index (χ3n) is 4.92. The van der Waals surface area contributed by atoms with Gasteiger partial charge in [0, 0.05) is 33.7 Å². The first-order valence-electron chi connectivity index (χ1n) is 10.6. The van der Waals surface area contributed by atoms with E-state index in [1.165, 1.54) is 30.3 Å². The predicted octanol–water partition coefficient (Wildman–Crippen LogP) is 6.42. The van der Waals surface area contributed by atoms with E-state index in [2.05, 4.69) is 10.3 Å². The molecule has 0 saturated heterocycles. The van der Waals surface area contributed by atoms with Crippen LogP contribution in [0.25, 0.3) is 10.9 Å². The van der Waals surface area contributed by atoms with Gasteiger partial charge < -0.3 is 25.9 Å². The molecule has 0 spiro atoms. The molecule has 0 aliphatic heterocycles. The minimum atomic E-state index is -5.08. The van der Waals surface area contributed by atoms with Crippen LogP contribution < -0.4 is 15.8 Å². The fraction of sp³-hybridized carbons (Fsp3) is 0.0800. The lowest BCUT2D eigenvalue weighted by molar-refractivity contribution is -0.192. The third kappa shape index (κ3) is 7.53. The highest BCUT2D eigenvalue weighted by Gasteiger charge is 2.38. The van der Waals surface area contributed by atoms with Gasteiger partial charge in [0.1, 0.15) is 11.4 Å². The number of benzene rings is 3. The summed E-state index contributed by atoms with van der Waals surface area (Å²) in [4.78, 5) is 24.4. The number of nitrogens with two attached hydrogens (primary N) is 1. The number of nitrogens with one attached hydrogen (secondary N) is 2. The van der Waals surface area contributed by atoms with E-state index >= 15 is 4.39 Å². The number of alkyl halides is 3. The number of amides is 1. The van der Waals surface area contributed by atoms with E-state index in [4.69, 9.17) is 48.8 Å². The van der Waals surface area contributed by atoms with Crippen molar-refractivity contribution in [3.8, 4) is 17.6 Å². The molecule has 39 heavy (non-hydrogen) atoms. The van der Waals surface area contributed by atoms with Crippen molar-refractivity contribution in [1.82, 2.24) is 10.3 Å². The Morgan fingerprint density at radius 2 is 1.79 bits per heavy atom. The first kappa shape index (κ1) is 29.1. The number of fused-ring (bicyclic) bond motifs is 1. The Labute approximate surface area is 227 Å². The molecule has 14 heteroatoms. The van der Waals surface area contributed by atoms with E-state index in [0.29, 0.717) is 11.4 Å². The van der Waals surface area contributed by atoms with Gasteiger partial charge in [-0.25, -0.2) is 9.18 Å². The van der Waals surface area contributed by atoms with E-state index in [-0.39, 0.29) is 39.2 Å². The molecular weight excluding hydrogens is 567 g/mol. The monoisotopic (exact) mass is 582 g/mol. The zero-order chi connectivity index (χ0) is 28.9. The maximum absolute atomic E-state index is 15.1. The second-order valence-corrected chi connectivity index (χ2v) is 8.60. The number of nitrogens with zero attached hydrogens (tertiary/aromatic N) is 1. The molecule has 202 valence electrons. The quantitative estimate of drug-likeness (QED) is 0.158. The van der Waals surface area contributed by atoms with Gasteiger partial charge in [0.05, 0.1) is 16.7 Å². The largest absolute Gasteiger partial charge is 0.490 e. The molecule has 1 aromatic heterocycles. The summed E-state index contributed by atoms with van der Waals surface area (Å²) in [6.45, 7) is -0.102. The number of aromatic amines is 1. The van der Waals surface area contributed by atoms with Crippen LogP contribution in [0.15, 0.2) is 54.6 Å². The van der Waals surface area contributed by atoms with Crippen LogP contribution in [-0.2, 0) is 11.3 Å². The van der Waals surface area contributed by atoms with Crippen molar-refractivity contribution in [1.29, 1.82) is 5.26 Å². The zero-order valence-corrected chi connectivity index (χ0v) is 20.9. The molecule has 0 fully saturated rings. The molecule has 0 aliphatic rings. The number of carboxylic acid groups (broad SMARTS) is 1. The van der Waals surface area contributed by atoms with Crippen LogP contribution in [0.3, 0.4) is 0 Å². The Bertz CT molecular complexity index is 1600. The van der Waals surface area contributed by atoms with Crippen LogP contribution in [0.4, 0.5) is 23.2 Å². The first-order chi connectivity index (χ1) is 18.3. The Morgan fingerprint density at radius 3 is 2.44 bits per heavy atom. The lowest BCUT2D eigenvalue weighted by atomic mass is 10.2. The number of anilines is 1. The molecule has 0 unspecified atom stereocenters. The number of hydrogen-bond acceptors (Lipinski definition) is 5. The van der Waals surface area contributed by atoms with Crippen molar-refractivity contribution in [2.24, 2.45) is 0 Å². The molecule has 0 bridgehead atoms. The Kier molecular flexibility index (Phi) is 8.90. The number of carboxylic acids is 1. The second-order valence-electron chi connectivity index (χ2n) is 7.75. The van der Waals surface area contributed by atoms with Crippen LogP contribution in [0.1, 0.15) is 21.6 Å². The summed E-state index contributed by atoms with van der Waals surface area (Å²) in [5.74, 6) is -3.97. The normalized spacial score (nSPS) is 10.8. The lowest BCUT2D eigenvalue weighted by Crippen LogP contribution is -2.23. The molecule has 4 rings (SSSR count). The molecule has 0 aliphatic carbocycles. The minimum Gasteiger partial charge on any atom is -0.475 e. The molecule has 0 radical (unpaired) electrons. The predicted molar refractivity (Wildman–Crippen MR) is 135 cm³/mol. The van der Waals surface area contributed by atoms with E-state index in [1.54, 1.807) is 24.3 Å². The Hall–Kier alpha value is -4.47. The third-order valence-corrected chi connectivity index (χ3v) is 5.44. The number of nitrogen functional groups attached to an aromatic ring is 1. The Balaban J connectivity index is 0.000000532. The van der Waals surface area contributed by atoms with Gasteiger partial charge in [0.25, 0.3) is 5.91 Å². The van der Waals surface area contributed by atoms with Crippen LogP contribution in [0, 0.1) is 17.1 Å². The van der Waals surface area contributed by atoms with Gasteiger partial charge in [-0.1, -0.05) is 35.3 Å². The summed E-state index contributed by atoms with van der Waals surface area (Å²) in [6, 6.07) is 16.1. The topological polar surface area (TPSA) is 141 Å². The highest BCUT2D eigenvalue weighted by Crippen LogP contribution is 2.35. The summed E-state index contributed by atoms with van der Waals surface area (Å²) in [5, 5.41) is 20.0. The maximum Gasteiger partial charge on any atom is 0.490 e. The summed E-state index contributed by atoms with van der Waals surface area (Å²) >= 11 is 12.1. The number of halogens is 6. The number of aliphatic carboxylic acids is 1. The van der Waals surface area contributed by atoms with Gasteiger partial charge in [-0.05, 0) is 42.5 Å². The van der Waals surface area contributed by atoms with Crippen LogP contribution >= 0.6 is 23.2 Å². The van der Waals surface area contributed by atoms with Crippen molar-refractivity contribution >= 4 is 51.7 Å². The number of hydrogen-bond donors (Lipinski definition) is 4. The Morgan fingerprint density at radius 1 is 1.10 bits per heavy atom. The molecule has 4 aromatic rings. The smallest absolute Gasteiger partial charge is 0.475 e. The summed E-state index contributed by atoms with van der Waals surface area (Å²) in [6.07, 6.45) is -5.08. The van der Waals surface area contributed by atoms with Crippen LogP contribution in [-0.4, -0.2) is 28.1 Å². The molecule has 8 nitrogen and oxygen atoms in total. The van der Waals surface area contributed by atoms with Gasteiger partial charge in [0.2, 0.25) is 0 Å². The number of aromatic nitrogens is 1. The van der Waals surface area contributed by atoms with Gasteiger partial charge in [-0.15, -0.1) is 0 Å². The number of H-pyrrole nitrogens is 1. The standard InChI is InChI=1S/C23H15Cl2FN4O2.C2HF3O2/c24-15-5-12(10-27)6-17(8-15)32-22-18(25)4-2-14(21(22)26)11-29-23(31)20-7-13-1-3-16(28)9-19(13)30-20;3-2(4,5)1(6)7/h1-9,30H,11,28H2,(H,29,31);(H,6,7).